The molecule has 182 valence electrons. The van der Waals surface area contributed by atoms with E-state index in [9.17, 15) is 4.79 Å². The first kappa shape index (κ1) is 25.3. The Balaban J connectivity index is 1.70. The van der Waals surface area contributed by atoms with Crippen LogP contribution in [0.15, 0.2) is 54.7 Å². The van der Waals surface area contributed by atoms with Crippen molar-refractivity contribution in [3.8, 4) is 5.75 Å². The van der Waals surface area contributed by atoms with Crippen molar-refractivity contribution < 1.29 is 19.0 Å². The minimum atomic E-state index is -0.605. The molecule has 0 aliphatic carbocycles. The van der Waals surface area contributed by atoms with Crippen molar-refractivity contribution in [3.05, 3.63) is 66.1 Å². The average molecular weight is 477 g/mol. The summed E-state index contributed by atoms with van der Waals surface area (Å²) < 4.78 is 15.8. The molecule has 0 aliphatic rings. The molecule has 10 nitrogen and oxygen atoms in total. The van der Waals surface area contributed by atoms with Gasteiger partial charge in [-0.15, -0.1) is 0 Å². The summed E-state index contributed by atoms with van der Waals surface area (Å²) in [5.41, 5.74) is 1.57. The molecule has 0 radical (unpaired) electrons. The van der Waals surface area contributed by atoms with E-state index in [0.29, 0.717) is 36.4 Å². The third-order valence-electron chi connectivity index (χ3n) is 4.33. The lowest BCUT2D eigenvalue weighted by Gasteiger charge is -2.19. The van der Waals surface area contributed by atoms with E-state index in [4.69, 9.17) is 20.8 Å². The fraction of sp³-hybridized carbons (Fsp3) is 0.280. The van der Waals surface area contributed by atoms with Crippen LogP contribution in [-0.4, -0.2) is 42.0 Å². The molecule has 0 aliphatic heterocycles. The maximum atomic E-state index is 12.1. The lowest BCUT2D eigenvalue weighted by molar-refractivity contribution is 0.0636. The number of aromatic nitrogens is 2. The normalized spacial score (nSPS) is 10.7. The van der Waals surface area contributed by atoms with E-state index in [1.54, 1.807) is 52.1 Å². The molecular formula is C25H28N6O4. The predicted molar refractivity (Wildman–Crippen MR) is 135 cm³/mol. The molecule has 35 heavy (non-hydrogen) atoms. The number of rotatable bonds is 9. The molecule has 10 heteroatoms. The van der Waals surface area contributed by atoms with Crippen molar-refractivity contribution in [1.29, 1.82) is 0 Å². The highest BCUT2D eigenvalue weighted by molar-refractivity contribution is 5.86. The zero-order valence-corrected chi connectivity index (χ0v) is 20.1. The highest BCUT2D eigenvalue weighted by Gasteiger charge is 2.16. The third-order valence-corrected chi connectivity index (χ3v) is 4.33. The van der Waals surface area contributed by atoms with E-state index in [1.165, 1.54) is 6.20 Å². The van der Waals surface area contributed by atoms with Gasteiger partial charge in [-0.2, -0.15) is 0 Å². The van der Waals surface area contributed by atoms with Gasteiger partial charge in [0.05, 0.1) is 13.2 Å². The number of amides is 1. The summed E-state index contributed by atoms with van der Waals surface area (Å²) in [4.78, 5) is 24.2. The number of nitrogens with one attached hydrogen (secondary N) is 3. The van der Waals surface area contributed by atoms with Gasteiger partial charge in [-0.3, -0.25) is 5.32 Å². The van der Waals surface area contributed by atoms with Gasteiger partial charge in [-0.05, 0) is 63.2 Å². The van der Waals surface area contributed by atoms with Crippen molar-refractivity contribution in [2.45, 2.75) is 26.4 Å². The summed E-state index contributed by atoms with van der Waals surface area (Å²) in [5, 5.41) is 8.93. The first-order chi connectivity index (χ1) is 16.8. The molecule has 0 fully saturated rings. The zero-order chi connectivity index (χ0) is 25.3. The SMILES string of the molecule is [C-]#[N+]c1cnc(Nc2ccc(OCCOC)cc2)nc1Nc1cccc(NC(=O)OC(C)(C)C)c1. The molecule has 2 aromatic carbocycles. The standard InChI is InChI=1S/C25H28N6O4/c1-25(2,3)35-24(32)30-19-8-6-7-18(15-19)28-22-21(26-4)16-27-23(31-22)29-17-9-11-20(12-10-17)34-14-13-33-5/h6-12,15-16H,13-14H2,1-3,5H3,(H,30,32)(H2,27,28,29,31). The summed E-state index contributed by atoms with van der Waals surface area (Å²) in [7, 11) is 1.62. The highest BCUT2D eigenvalue weighted by Crippen LogP contribution is 2.29. The van der Waals surface area contributed by atoms with Gasteiger partial charge in [0, 0.05) is 30.4 Å². The van der Waals surface area contributed by atoms with Crippen LogP contribution in [0.25, 0.3) is 4.85 Å². The molecule has 1 heterocycles. The van der Waals surface area contributed by atoms with E-state index < -0.39 is 11.7 Å². The van der Waals surface area contributed by atoms with Crippen LogP contribution < -0.4 is 20.7 Å². The maximum Gasteiger partial charge on any atom is 0.412 e. The molecule has 3 aromatic rings. The topological polar surface area (TPSA) is 111 Å². The Kier molecular flexibility index (Phi) is 8.43. The van der Waals surface area contributed by atoms with Crippen LogP contribution >= 0.6 is 0 Å². The number of methoxy groups -OCH3 is 1. The Bertz CT molecular complexity index is 1190. The lowest BCUT2D eigenvalue weighted by atomic mass is 10.2. The van der Waals surface area contributed by atoms with Crippen LogP contribution in [0.2, 0.25) is 0 Å². The van der Waals surface area contributed by atoms with Gasteiger partial charge in [0.2, 0.25) is 11.6 Å². The summed E-state index contributed by atoms with van der Waals surface area (Å²) in [5.74, 6) is 1.36. The fourth-order valence-corrected chi connectivity index (χ4v) is 2.85. The Morgan fingerprint density at radius 1 is 1.03 bits per heavy atom. The Morgan fingerprint density at radius 3 is 2.46 bits per heavy atom. The second kappa shape index (κ2) is 11.7. The Morgan fingerprint density at radius 2 is 1.77 bits per heavy atom. The summed E-state index contributed by atoms with van der Waals surface area (Å²) in [6.45, 7) is 13.8. The Labute approximate surface area is 204 Å². The molecule has 0 saturated carbocycles. The van der Waals surface area contributed by atoms with E-state index in [1.807, 2.05) is 24.3 Å². The summed E-state index contributed by atoms with van der Waals surface area (Å²) in [6.07, 6.45) is 0.885. The number of nitrogens with zero attached hydrogens (tertiary/aromatic N) is 3. The number of carbonyl (C=O) groups is 1. The largest absolute Gasteiger partial charge is 0.491 e. The third kappa shape index (κ3) is 8.17. The van der Waals surface area contributed by atoms with Crippen LogP contribution in [0.1, 0.15) is 20.8 Å². The molecule has 0 atom stereocenters. The second-order valence-electron chi connectivity index (χ2n) is 8.36. The van der Waals surface area contributed by atoms with Crippen LogP contribution in [-0.2, 0) is 9.47 Å². The molecule has 1 amide bonds. The van der Waals surface area contributed by atoms with E-state index in [2.05, 4.69) is 30.8 Å². The van der Waals surface area contributed by atoms with Crippen molar-refractivity contribution in [2.75, 3.05) is 36.3 Å². The van der Waals surface area contributed by atoms with Crippen LogP contribution in [0.4, 0.5) is 39.3 Å². The van der Waals surface area contributed by atoms with Gasteiger partial charge in [0.25, 0.3) is 0 Å². The first-order valence-corrected chi connectivity index (χ1v) is 10.9. The number of ether oxygens (including phenoxy) is 3. The summed E-state index contributed by atoms with van der Waals surface area (Å²) in [6, 6.07) is 14.4. The number of hydrogen-bond donors (Lipinski definition) is 3. The van der Waals surface area contributed by atoms with Crippen molar-refractivity contribution in [2.24, 2.45) is 0 Å². The van der Waals surface area contributed by atoms with Crippen molar-refractivity contribution >= 4 is 40.6 Å². The molecule has 0 bridgehead atoms. The summed E-state index contributed by atoms with van der Waals surface area (Å²) >= 11 is 0. The molecule has 0 saturated heterocycles. The molecule has 3 rings (SSSR count). The number of hydrogen-bond acceptors (Lipinski definition) is 8. The molecule has 1 aromatic heterocycles. The van der Waals surface area contributed by atoms with Crippen molar-refractivity contribution in [3.63, 3.8) is 0 Å². The molecule has 3 N–H and O–H groups in total. The van der Waals surface area contributed by atoms with Gasteiger partial charge >= 0.3 is 6.09 Å². The monoisotopic (exact) mass is 476 g/mol. The number of benzene rings is 2. The lowest BCUT2D eigenvalue weighted by Crippen LogP contribution is -2.27. The first-order valence-electron chi connectivity index (χ1n) is 10.9. The quantitative estimate of drug-likeness (QED) is 0.259. The minimum Gasteiger partial charge on any atom is -0.491 e. The van der Waals surface area contributed by atoms with Crippen LogP contribution in [0.3, 0.4) is 0 Å². The van der Waals surface area contributed by atoms with Gasteiger partial charge in [-0.25, -0.2) is 19.6 Å². The number of carbonyl (C=O) groups excluding carboxylic acids is 1. The maximum absolute atomic E-state index is 12.1. The van der Waals surface area contributed by atoms with E-state index >= 15 is 0 Å². The predicted octanol–water partition coefficient (Wildman–Crippen LogP) is 5.89. The second-order valence-corrected chi connectivity index (χ2v) is 8.36. The van der Waals surface area contributed by atoms with Crippen LogP contribution in [0, 0.1) is 6.57 Å². The van der Waals surface area contributed by atoms with Gasteiger partial charge in [0.1, 0.15) is 23.8 Å². The molecule has 0 unspecified atom stereocenters. The van der Waals surface area contributed by atoms with E-state index in [0.717, 1.165) is 11.4 Å². The fourth-order valence-electron chi connectivity index (χ4n) is 2.85. The van der Waals surface area contributed by atoms with Gasteiger partial charge in [0.15, 0.2) is 0 Å². The van der Waals surface area contributed by atoms with Gasteiger partial charge in [-0.1, -0.05) is 6.07 Å². The molecule has 0 spiro atoms. The van der Waals surface area contributed by atoms with Crippen molar-refractivity contribution in [1.82, 2.24) is 9.97 Å². The number of anilines is 5. The smallest absolute Gasteiger partial charge is 0.412 e. The average Bonchev–Trinajstić information content (AvgIpc) is 2.79. The van der Waals surface area contributed by atoms with Gasteiger partial charge < -0.3 is 24.8 Å². The Hall–Kier alpha value is -4.36. The highest BCUT2D eigenvalue weighted by atomic mass is 16.6. The zero-order valence-electron chi connectivity index (χ0n) is 20.1. The molecular weight excluding hydrogens is 448 g/mol. The van der Waals surface area contributed by atoms with Crippen LogP contribution in [0.5, 0.6) is 5.75 Å². The van der Waals surface area contributed by atoms with E-state index in [-0.39, 0.29) is 5.69 Å². The minimum absolute atomic E-state index is 0.253.